The summed E-state index contributed by atoms with van der Waals surface area (Å²) in [5, 5.41) is 10.1. The second-order valence-corrected chi connectivity index (χ2v) is 5.49. The molecule has 4 heteroatoms. The molecule has 1 aliphatic rings. The number of rotatable bonds is 3. The highest BCUT2D eigenvalue weighted by Gasteiger charge is 2.20. The smallest absolute Gasteiger partial charge is 0.335 e. The van der Waals surface area contributed by atoms with Crippen molar-refractivity contribution in [1.82, 2.24) is 4.57 Å². The molecule has 1 aromatic carbocycles. The van der Waals surface area contributed by atoms with Crippen molar-refractivity contribution in [2.24, 2.45) is 0 Å². The lowest BCUT2D eigenvalue weighted by Gasteiger charge is -2.14. The molecule has 4 nitrogen and oxygen atoms in total. The first kappa shape index (κ1) is 13.2. The van der Waals surface area contributed by atoms with E-state index in [0.29, 0.717) is 5.56 Å². The number of hydrogen-bond acceptors (Lipinski definition) is 2. The SMILES string of the molecule is Cc1c(C)n(CC2CCCO2)c2ccc(C(=O)O)cc12. The van der Waals surface area contributed by atoms with Crippen molar-refractivity contribution >= 4 is 16.9 Å². The fraction of sp³-hybridized carbons (Fsp3) is 0.438. The monoisotopic (exact) mass is 273 g/mol. The Kier molecular flexibility index (Phi) is 3.26. The average molecular weight is 273 g/mol. The van der Waals surface area contributed by atoms with Crippen LogP contribution in [0.5, 0.6) is 0 Å². The Labute approximate surface area is 118 Å². The van der Waals surface area contributed by atoms with Crippen LogP contribution >= 0.6 is 0 Å². The number of benzene rings is 1. The Morgan fingerprint density at radius 3 is 2.90 bits per heavy atom. The summed E-state index contributed by atoms with van der Waals surface area (Å²) >= 11 is 0. The van der Waals surface area contributed by atoms with Gasteiger partial charge in [-0.15, -0.1) is 0 Å². The summed E-state index contributed by atoms with van der Waals surface area (Å²) in [6, 6.07) is 5.36. The number of carboxylic acids is 1. The van der Waals surface area contributed by atoms with E-state index in [0.717, 1.165) is 42.5 Å². The number of ether oxygens (including phenoxy) is 1. The van der Waals surface area contributed by atoms with Gasteiger partial charge in [-0.2, -0.15) is 0 Å². The molecular formula is C16H19NO3. The highest BCUT2D eigenvalue weighted by atomic mass is 16.5. The Balaban J connectivity index is 2.07. The van der Waals surface area contributed by atoms with Crippen LogP contribution in [0.15, 0.2) is 18.2 Å². The number of carbonyl (C=O) groups is 1. The van der Waals surface area contributed by atoms with Gasteiger partial charge < -0.3 is 14.4 Å². The molecule has 0 amide bonds. The zero-order chi connectivity index (χ0) is 14.3. The van der Waals surface area contributed by atoms with Crippen molar-refractivity contribution in [2.45, 2.75) is 39.3 Å². The lowest BCUT2D eigenvalue weighted by molar-refractivity contribution is 0.0697. The summed E-state index contributed by atoms with van der Waals surface area (Å²) in [5.41, 5.74) is 3.79. The first-order valence-corrected chi connectivity index (χ1v) is 7.02. The molecule has 1 unspecified atom stereocenters. The van der Waals surface area contributed by atoms with Gasteiger partial charge in [0.15, 0.2) is 0 Å². The zero-order valence-corrected chi connectivity index (χ0v) is 11.8. The second kappa shape index (κ2) is 4.94. The van der Waals surface area contributed by atoms with E-state index in [1.165, 1.54) is 5.69 Å². The largest absolute Gasteiger partial charge is 0.478 e. The van der Waals surface area contributed by atoms with Crippen molar-refractivity contribution < 1.29 is 14.6 Å². The highest BCUT2D eigenvalue weighted by Crippen LogP contribution is 2.28. The van der Waals surface area contributed by atoms with Gasteiger partial charge in [0.2, 0.25) is 0 Å². The minimum atomic E-state index is -0.879. The first-order chi connectivity index (χ1) is 9.58. The average Bonchev–Trinajstić information content (AvgIpc) is 3.02. The summed E-state index contributed by atoms with van der Waals surface area (Å²) < 4.78 is 7.97. The number of aromatic carboxylic acids is 1. The maximum Gasteiger partial charge on any atom is 0.335 e. The summed E-state index contributed by atoms with van der Waals surface area (Å²) in [6.45, 7) is 5.84. The lowest BCUT2D eigenvalue weighted by Crippen LogP contribution is -2.15. The van der Waals surface area contributed by atoms with E-state index in [-0.39, 0.29) is 6.10 Å². The van der Waals surface area contributed by atoms with E-state index in [1.807, 2.05) is 6.07 Å². The van der Waals surface area contributed by atoms with Gasteiger partial charge in [0.05, 0.1) is 11.7 Å². The van der Waals surface area contributed by atoms with E-state index in [9.17, 15) is 4.79 Å². The van der Waals surface area contributed by atoms with E-state index >= 15 is 0 Å². The molecule has 2 heterocycles. The molecule has 1 atom stereocenters. The third-order valence-corrected chi connectivity index (χ3v) is 4.30. The summed E-state index contributed by atoms with van der Waals surface area (Å²) in [4.78, 5) is 11.1. The third-order valence-electron chi connectivity index (χ3n) is 4.30. The number of hydrogen-bond donors (Lipinski definition) is 1. The number of aromatic nitrogens is 1. The number of carboxylic acid groups (broad SMARTS) is 1. The van der Waals surface area contributed by atoms with Gasteiger partial charge in [0.1, 0.15) is 0 Å². The van der Waals surface area contributed by atoms with Crippen molar-refractivity contribution in [3.63, 3.8) is 0 Å². The van der Waals surface area contributed by atoms with Gasteiger partial charge in [-0.25, -0.2) is 4.79 Å². The van der Waals surface area contributed by atoms with Crippen LogP contribution in [0.25, 0.3) is 10.9 Å². The van der Waals surface area contributed by atoms with E-state index < -0.39 is 5.97 Å². The maximum absolute atomic E-state index is 11.1. The van der Waals surface area contributed by atoms with Gasteiger partial charge in [0.25, 0.3) is 0 Å². The summed E-state index contributed by atoms with van der Waals surface area (Å²) in [5.74, 6) is -0.879. The van der Waals surface area contributed by atoms with Crippen LogP contribution in [0.4, 0.5) is 0 Å². The third kappa shape index (κ3) is 2.10. The van der Waals surface area contributed by atoms with Crippen molar-refractivity contribution in [1.29, 1.82) is 0 Å². The predicted molar refractivity (Wildman–Crippen MR) is 77.3 cm³/mol. The van der Waals surface area contributed by atoms with Crippen LogP contribution in [0.1, 0.15) is 34.5 Å². The minimum absolute atomic E-state index is 0.280. The zero-order valence-electron chi connectivity index (χ0n) is 11.8. The fourth-order valence-corrected chi connectivity index (χ4v) is 3.01. The molecule has 0 aliphatic carbocycles. The molecule has 1 fully saturated rings. The van der Waals surface area contributed by atoms with Crippen LogP contribution < -0.4 is 0 Å². The normalized spacial score (nSPS) is 18.8. The van der Waals surface area contributed by atoms with Gasteiger partial charge in [-0.1, -0.05) is 0 Å². The molecule has 1 aliphatic heterocycles. The molecule has 106 valence electrons. The number of aryl methyl sites for hydroxylation is 1. The van der Waals surface area contributed by atoms with E-state index in [4.69, 9.17) is 9.84 Å². The molecule has 3 rings (SSSR count). The van der Waals surface area contributed by atoms with Crippen LogP contribution in [0, 0.1) is 13.8 Å². The highest BCUT2D eigenvalue weighted by molar-refractivity contribution is 5.95. The molecule has 20 heavy (non-hydrogen) atoms. The maximum atomic E-state index is 11.1. The van der Waals surface area contributed by atoms with Crippen LogP contribution in [-0.4, -0.2) is 28.4 Å². The van der Waals surface area contributed by atoms with E-state index in [1.54, 1.807) is 12.1 Å². The Hall–Kier alpha value is -1.81. The summed E-state index contributed by atoms with van der Waals surface area (Å²) in [6.07, 6.45) is 2.51. The number of fused-ring (bicyclic) bond motifs is 1. The summed E-state index contributed by atoms with van der Waals surface area (Å²) in [7, 11) is 0. The molecular weight excluding hydrogens is 254 g/mol. The number of nitrogens with zero attached hydrogens (tertiary/aromatic N) is 1. The fourth-order valence-electron chi connectivity index (χ4n) is 3.01. The molecule has 0 bridgehead atoms. The predicted octanol–water partition coefficient (Wildman–Crippen LogP) is 3.14. The van der Waals surface area contributed by atoms with Gasteiger partial charge in [0, 0.05) is 29.7 Å². The van der Waals surface area contributed by atoms with E-state index in [2.05, 4.69) is 18.4 Å². The van der Waals surface area contributed by atoms with Crippen molar-refractivity contribution in [3.8, 4) is 0 Å². The van der Waals surface area contributed by atoms with Gasteiger partial charge in [-0.3, -0.25) is 0 Å². The van der Waals surface area contributed by atoms with Crippen LogP contribution in [0.2, 0.25) is 0 Å². The van der Waals surface area contributed by atoms with Gasteiger partial charge >= 0.3 is 5.97 Å². The molecule has 1 saturated heterocycles. The Morgan fingerprint density at radius 1 is 1.45 bits per heavy atom. The van der Waals surface area contributed by atoms with Crippen molar-refractivity contribution in [3.05, 3.63) is 35.0 Å². The first-order valence-electron chi connectivity index (χ1n) is 7.02. The second-order valence-electron chi connectivity index (χ2n) is 5.49. The quantitative estimate of drug-likeness (QED) is 0.934. The lowest BCUT2D eigenvalue weighted by atomic mass is 10.1. The van der Waals surface area contributed by atoms with Gasteiger partial charge in [-0.05, 0) is 50.5 Å². The standard InChI is InChI=1S/C16H19NO3/c1-10-11(2)17(9-13-4-3-7-20-13)15-6-5-12(16(18)19)8-14(10)15/h5-6,8,13H,3-4,7,9H2,1-2H3,(H,18,19). The molecule has 2 aromatic rings. The molecule has 0 spiro atoms. The molecule has 0 saturated carbocycles. The molecule has 1 N–H and O–H groups in total. The Morgan fingerprint density at radius 2 is 2.25 bits per heavy atom. The van der Waals surface area contributed by atoms with Crippen molar-refractivity contribution in [2.75, 3.05) is 6.61 Å². The topological polar surface area (TPSA) is 51.5 Å². The molecule has 1 aromatic heterocycles. The minimum Gasteiger partial charge on any atom is -0.478 e. The van der Waals surface area contributed by atoms with Crippen LogP contribution in [-0.2, 0) is 11.3 Å². The Bertz CT molecular complexity index is 666. The molecule has 0 radical (unpaired) electrons. The van der Waals surface area contributed by atoms with Crippen LogP contribution in [0.3, 0.4) is 0 Å².